The van der Waals surface area contributed by atoms with Crippen LogP contribution in [0.5, 0.6) is 0 Å². The second-order valence-electron chi connectivity index (χ2n) is 15.1. The van der Waals surface area contributed by atoms with E-state index in [2.05, 4.69) is 80.4 Å². The Labute approximate surface area is 285 Å². The minimum atomic E-state index is -2.90. The quantitative estimate of drug-likeness (QED) is 0.165. The molecule has 5 rings (SSSR count). The van der Waals surface area contributed by atoms with Gasteiger partial charge in [0.2, 0.25) is 0 Å². The summed E-state index contributed by atoms with van der Waals surface area (Å²) in [6.07, 6.45) is 0.212. The molecule has 0 radical (unpaired) electrons. The van der Waals surface area contributed by atoms with Gasteiger partial charge in [-0.25, -0.2) is 14.4 Å². The summed E-state index contributed by atoms with van der Waals surface area (Å²) in [5.74, 6) is -0.897. The largest absolute Gasteiger partial charge is 0.443 e. The van der Waals surface area contributed by atoms with Gasteiger partial charge in [-0.15, -0.1) is 0 Å². The van der Waals surface area contributed by atoms with Crippen LogP contribution in [0.4, 0.5) is 10.5 Å². The van der Waals surface area contributed by atoms with Gasteiger partial charge in [-0.3, -0.25) is 0 Å². The number of aliphatic imine (C=N–C) groups is 1. The number of rotatable bonds is 8. The van der Waals surface area contributed by atoms with Crippen molar-refractivity contribution in [1.29, 1.82) is 5.26 Å². The summed E-state index contributed by atoms with van der Waals surface area (Å²) in [6, 6.07) is 23.1. The van der Waals surface area contributed by atoms with Crippen molar-refractivity contribution in [2.75, 3.05) is 20.7 Å². The lowest BCUT2D eigenvalue weighted by atomic mass is 10.0. The zero-order valence-electron chi connectivity index (χ0n) is 29.7. The molecule has 3 heterocycles. The molecule has 3 aromatic rings. The van der Waals surface area contributed by atoms with Crippen molar-refractivity contribution >= 4 is 36.8 Å². The van der Waals surface area contributed by atoms with E-state index in [4.69, 9.17) is 23.4 Å². The van der Waals surface area contributed by atoms with Crippen molar-refractivity contribution < 1.29 is 28.2 Å². The van der Waals surface area contributed by atoms with Crippen LogP contribution in [-0.4, -0.2) is 80.6 Å². The molecule has 4 atom stereocenters. The van der Waals surface area contributed by atoms with Crippen molar-refractivity contribution in [3.63, 3.8) is 0 Å². The summed E-state index contributed by atoms with van der Waals surface area (Å²) in [5, 5.41) is 12.4. The second kappa shape index (κ2) is 13.3. The Bertz CT molecular complexity index is 1630. The van der Waals surface area contributed by atoms with E-state index in [0.29, 0.717) is 11.3 Å². The number of nitriles is 1. The zero-order valence-corrected chi connectivity index (χ0v) is 30.7. The highest BCUT2D eigenvalue weighted by Crippen LogP contribution is 2.49. The van der Waals surface area contributed by atoms with Crippen LogP contribution >= 0.6 is 0 Å². The van der Waals surface area contributed by atoms with Crippen molar-refractivity contribution in [1.82, 2.24) is 9.47 Å². The minimum Gasteiger partial charge on any atom is -0.443 e. The van der Waals surface area contributed by atoms with E-state index < -0.39 is 50.2 Å². The topological polar surface area (TPSA) is 108 Å². The van der Waals surface area contributed by atoms with Crippen LogP contribution in [0.2, 0.25) is 5.04 Å². The van der Waals surface area contributed by atoms with Crippen LogP contribution in [0.15, 0.2) is 71.9 Å². The van der Waals surface area contributed by atoms with Gasteiger partial charge in [-0.1, -0.05) is 81.4 Å². The fraction of sp³-hybridized carbons (Fsp3) is 0.486. The van der Waals surface area contributed by atoms with E-state index >= 15 is 0 Å². The normalized spacial score (nSPS) is 22.4. The third kappa shape index (κ3) is 7.00. The van der Waals surface area contributed by atoms with Gasteiger partial charge in [0.05, 0.1) is 12.9 Å². The molecule has 48 heavy (non-hydrogen) atoms. The smallest absolute Gasteiger partial charge is 0.419 e. The number of aromatic nitrogens is 1. The number of hydrogen-bond donors (Lipinski definition) is 0. The van der Waals surface area contributed by atoms with Gasteiger partial charge >= 0.3 is 6.09 Å². The maximum atomic E-state index is 13.3. The first-order valence-electron chi connectivity index (χ1n) is 16.3. The third-order valence-corrected chi connectivity index (χ3v) is 13.5. The molecule has 2 aromatic carbocycles. The van der Waals surface area contributed by atoms with Gasteiger partial charge in [0.25, 0.3) is 8.32 Å². The lowest BCUT2D eigenvalue weighted by molar-refractivity contribution is -0.190. The first-order chi connectivity index (χ1) is 22.5. The highest BCUT2D eigenvalue weighted by Gasteiger charge is 2.58. The standard InChI is InChI=1S/C37H48N4O6Si/c1-35(2,3)47-34(42)41-22-27(30(28(41)21-38)39-24-40(9)10)31-33-32(45-37(7,8)46-33)29(44-31)23-43-48(36(4,5)6,25-17-13-11-14-18-25)26-19-15-12-16-20-26/h11-20,22,24,29,31-33H,23H2,1-10H3/t29-,31?,32-,33+/m1/s1. The first-order valence-corrected chi connectivity index (χ1v) is 18.2. The molecule has 1 aromatic heterocycles. The summed E-state index contributed by atoms with van der Waals surface area (Å²) in [4.78, 5) is 19.7. The van der Waals surface area contributed by atoms with Gasteiger partial charge < -0.3 is 28.3 Å². The molecule has 2 aliphatic heterocycles. The number of carbonyl (C=O) groups excluding carboxylic acids is 1. The Morgan fingerprint density at radius 2 is 1.56 bits per heavy atom. The molecule has 1 unspecified atom stereocenters. The van der Waals surface area contributed by atoms with Crippen molar-refractivity contribution in [2.45, 2.75) is 96.2 Å². The first kappa shape index (κ1) is 35.5. The lowest BCUT2D eigenvalue weighted by Gasteiger charge is -2.43. The van der Waals surface area contributed by atoms with Crippen LogP contribution < -0.4 is 10.4 Å². The number of fused-ring (bicyclic) bond motifs is 1. The Morgan fingerprint density at radius 1 is 1.00 bits per heavy atom. The Hall–Kier alpha value is -3.79. The SMILES string of the molecule is CN(C)C=Nc1c(C2O[C@H](CO[Si](c3ccccc3)(c3ccccc3)C(C)(C)C)[C@H]3OC(C)(C)O[C@@H]23)cn(C(=O)OC(C)(C)C)c1C#N. The molecule has 2 aliphatic rings. The Balaban J connectivity index is 1.58. The summed E-state index contributed by atoms with van der Waals surface area (Å²) in [5.41, 5.74) is 0.108. The monoisotopic (exact) mass is 672 g/mol. The number of carbonyl (C=O) groups is 1. The lowest BCUT2D eigenvalue weighted by Crippen LogP contribution is -2.67. The maximum Gasteiger partial charge on any atom is 0.419 e. The fourth-order valence-electron chi connectivity index (χ4n) is 6.63. The van der Waals surface area contributed by atoms with Crippen LogP contribution in [-0.2, 0) is 23.4 Å². The number of nitrogens with zero attached hydrogens (tertiary/aromatic N) is 4. The summed E-state index contributed by atoms with van der Waals surface area (Å²) in [6.45, 7) is 16.0. The summed E-state index contributed by atoms with van der Waals surface area (Å²) < 4.78 is 33.9. The molecule has 0 spiro atoms. The Morgan fingerprint density at radius 3 is 2.06 bits per heavy atom. The molecule has 11 heteroatoms. The predicted octanol–water partition coefficient (Wildman–Crippen LogP) is 5.90. The summed E-state index contributed by atoms with van der Waals surface area (Å²) in [7, 11) is 0.764. The minimum absolute atomic E-state index is 0.0442. The van der Waals surface area contributed by atoms with E-state index in [1.54, 1.807) is 38.2 Å². The third-order valence-electron chi connectivity index (χ3n) is 8.46. The molecule has 0 N–H and O–H groups in total. The van der Waals surface area contributed by atoms with E-state index in [0.717, 1.165) is 10.4 Å². The molecule has 10 nitrogen and oxygen atoms in total. The van der Waals surface area contributed by atoms with E-state index in [-0.39, 0.29) is 17.3 Å². The van der Waals surface area contributed by atoms with Crippen molar-refractivity contribution in [3.05, 3.63) is 78.1 Å². The predicted molar refractivity (Wildman–Crippen MR) is 188 cm³/mol. The van der Waals surface area contributed by atoms with Crippen molar-refractivity contribution in [3.8, 4) is 6.07 Å². The molecule has 2 saturated heterocycles. The molecule has 0 saturated carbocycles. The molecular formula is C37H48N4O6Si. The van der Waals surface area contributed by atoms with Gasteiger partial charge in [-0.05, 0) is 50.0 Å². The van der Waals surface area contributed by atoms with Gasteiger partial charge in [0.15, 0.2) is 11.5 Å². The number of hydrogen-bond acceptors (Lipinski definition) is 8. The molecular weight excluding hydrogens is 625 g/mol. The van der Waals surface area contributed by atoms with Crippen LogP contribution in [0.1, 0.15) is 72.8 Å². The second-order valence-corrected chi connectivity index (χ2v) is 19.4. The number of benzene rings is 2. The summed E-state index contributed by atoms with van der Waals surface area (Å²) >= 11 is 0. The van der Waals surface area contributed by atoms with Gasteiger partial charge in [-0.2, -0.15) is 5.26 Å². The molecule has 0 aliphatic carbocycles. The van der Waals surface area contributed by atoms with Gasteiger partial charge in [0.1, 0.15) is 41.8 Å². The highest BCUT2D eigenvalue weighted by molar-refractivity contribution is 6.99. The van der Waals surface area contributed by atoms with Crippen LogP contribution in [0, 0.1) is 11.3 Å². The zero-order chi connectivity index (χ0) is 35.1. The van der Waals surface area contributed by atoms with Crippen LogP contribution in [0.3, 0.4) is 0 Å². The maximum absolute atomic E-state index is 13.3. The van der Waals surface area contributed by atoms with E-state index in [1.165, 1.54) is 4.57 Å². The van der Waals surface area contributed by atoms with Crippen molar-refractivity contribution in [2.24, 2.45) is 4.99 Å². The highest BCUT2D eigenvalue weighted by atomic mass is 28.4. The van der Waals surface area contributed by atoms with E-state index in [1.807, 2.05) is 40.1 Å². The molecule has 0 amide bonds. The van der Waals surface area contributed by atoms with Gasteiger partial charge in [0, 0.05) is 25.9 Å². The average molecular weight is 673 g/mol. The molecule has 256 valence electrons. The fourth-order valence-corrected chi connectivity index (χ4v) is 11.2. The van der Waals surface area contributed by atoms with E-state index in [9.17, 15) is 10.1 Å². The van der Waals surface area contributed by atoms with Crippen LogP contribution in [0.25, 0.3) is 0 Å². The average Bonchev–Trinajstić information content (AvgIpc) is 3.64. The molecule has 2 fully saturated rings. The Kier molecular flexibility index (Phi) is 9.81. The number of ether oxygens (including phenoxy) is 4. The molecule has 0 bridgehead atoms.